The van der Waals surface area contributed by atoms with E-state index in [-0.39, 0.29) is 21.2 Å². The normalized spacial score (nSPS) is 13.1. The molecule has 2 aromatic rings. The van der Waals surface area contributed by atoms with Crippen LogP contribution in [-0.4, -0.2) is 19.0 Å². The lowest BCUT2D eigenvalue weighted by molar-refractivity contribution is 0.103. The second kappa shape index (κ2) is 5.54. The summed E-state index contributed by atoms with van der Waals surface area (Å²) >= 11 is 11.9. The second-order valence-corrected chi connectivity index (χ2v) is 5.27. The van der Waals surface area contributed by atoms with Crippen molar-refractivity contribution < 1.29 is 18.7 Å². The highest BCUT2D eigenvalue weighted by molar-refractivity contribution is 6.35. The molecule has 0 fully saturated rings. The van der Waals surface area contributed by atoms with Crippen LogP contribution in [0.25, 0.3) is 0 Å². The van der Waals surface area contributed by atoms with Crippen molar-refractivity contribution in [3.63, 3.8) is 0 Å². The highest BCUT2D eigenvalue weighted by Crippen LogP contribution is 2.36. The third-order valence-corrected chi connectivity index (χ3v) is 3.60. The molecule has 0 amide bonds. The SMILES string of the molecule is O=C(c1cc(Cl)ccc1F)c1cc2c(cc1Cl)OCCO2. The molecule has 1 aliphatic heterocycles. The smallest absolute Gasteiger partial charge is 0.197 e. The number of ketones is 1. The van der Waals surface area contributed by atoms with Crippen molar-refractivity contribution in [3.05, 3.63) is 57.3 Å². The molecule has 0 saturated heterocycles. The minimum Gasteiger partial charge on any atom is -0.486 e. The summed E-state index contributed by atoms with van der Waals surface area (Å²) in [5.41, 5.74) is 0.00293. The van der Waals surface area contributed by atoms with Crippen molar-refractivity contribution in [1.29, 1.82) is 0 Å². The summed E-state index contributed by atoms with van der Waals surface area (Å²) in [4.78, 5) is 12.4. The van der Waals surface area contributed by atoms with Crippen LogP contribution in [-0.2, 0) is 0 Å². The van der Waals surface area contributed by atoms with Gasteiger partial charge in [-0.05, 0) is 24.3 Å². The van der Waals surface area contributed by atoms with E-state index in [9.17, 15) is 9.18 Å². The molecule has 3 nitrogen and oxygen atoms in total. The largest absolute Gasteiger partial charge is 0.486 e. The fraction of sp³-hybridized carbons (Fsp3) is 0.133. The fourth-order valence-electron chi connectivity index (χ4n) is 2.05. The van der Waals surface area contributed by atoms with E-state index >= 15 is 0 Å². The Morgan fingerprint density at radius 2 is 1.67 bits per heavy atom. The number of benzene rings is 2. The average Bonchev–Trinajstić information content (AvgIpc) is 2.48. The van der Waals surface area contributed by atoms with Gasteiger partial charge in [0, 0.05) is 16.7 Å². The van der Waals surface area contributed by atoms with E-state index in [2.05, 4.69) is 0 Å². The number of hydrogen-bond donors (Lipinski definition) is 0. The molecule has 0 atom stereocenters. The summed E-state index contributed by atoms with van der Waals surface area (Å²) in [5, 5.41) is 0.442. The molecule has 21 heavy (non-hydrogen) atoms. The Balaban J connectivity index is 2.07. The van der Waals surface area contributed by atoms with Gasteiger partial charge in [-0.2, -0.15) is 0 Å². The third kappa shape index (κ3) is 2.69. The Morgan fingerprint density at radius 1 is 1.00 bits per heavy atom. The first-order chi connectivity index (χ1) is 10.1. The first kappa shape index (κ1) is 14.2. The van der Waals surface area contributed by atoms with Crippen molar-refractivity contribution in [2.45, 2.75) is 0 Å². The number of rotatable bonds is 2. The number of ether oxygens (including phenoxy) is 2. The number of carbonyl (C=O) groups is 1. The van der Waals surface area contributed by atoms with Crippen molar-refractivity contribution in [2.75, 3.05) is 13.2 Å². The minimum atomic E-state index is -0.657. The second-order valence-electron chi connectivity index (χ2n) is 4.43. The van der Waals surface area contributed by atoms with Crippen molar-refractivity contribution in [3.8, 4) is 11.5 Å². The van der Waals surface area contributed by atoms with Gasteiger partial charge in [0.15, 0.2) is 17.3 Å². The fourth-order valence-corrected chi connectivity index (χ4v) is 2.47. The average molecular weight is 327 g/mol. The van der Waals surface area contributed by atoms with Gasteiger partial charge in [0.2, 0.25) is 0 Å². The molecular weight excluding hydrogens is 318 g/mol. The van der Waals surface area contributed by atoms with Gasteiger partial charge in [0.25, 0.3) is 0 Å². The van der Waals surface area contributed by atoms with E-state index in [4.69, 9.17) is 32.7 Å². The zero-order valence-electron chi connectivity index (χ0n) is 10.7. The van der Waals surface area contributed by atoms with Crippen LogP contribution in [0.4, 0.5) is 4.39 Å². The van der Waals surface area contributed by atoms with Crippen LogP contribution in [0.2, 0.25) is 10.0 Å². The maximum Gasteiger partial charge on any atom is 0.197 e. The lowest BCUT2D eigenvalue weighted by Crippen LogP contribution is -2.16. The molecule has 0 unspecified atom stereocenters. The monoisotopic (exact) mass is 326 g/mol. The van der Waals surface area contributed by atoms with Gasteiger partial charge in [-0.3, -0.25) is 4.79 Å². The molecule has 2 aromatic carbocycles. The Kier molecular flexibility index (Phi) is 3.74. The van der Waals surface area contributed by atoms with E-state index in [1.54, 1.807) is 0 Å². The Bertz CT molecular complexity index is 731. The molecule has 0 aromatic heterocycles. The lowest BCUT2D eigenvalue weighted by atomic mass is 10.0. The zero-order valence-corrected chi connectivity index (χ0v) is 12.2. The molecule has 0 bridgehead atoms. The van der Waals surface area contributed by atoms with Crippen LogP contribution in [0.15, 0.2) is 30.3 Å². The first-order valence-corrected chi connectivity index (χ1v) is 6.91. The molecule has 3 rings (SSSR count). The summed E-state index contributed by atoms with van der Waals surface area (Å²) in [6.07, 6.45) is 0. The summed E-state index contributed by atoms with van der Waals surface area (Å²) in [6.45, 7) is 0.799. The molecule has 1 heterocycles. The van der Waals surface area contributed by atoms with Crippen LogP contribution in [0.3, 0.4) is 0 Å². The third-order valence-electron chi connectivity index (χ3n) is 3.05. The van der Waals surface area contributed by atoms with Gasteiger partial charge in [0.05, 0.1) is 10.6 Å². The van der Waals surface area contributed by atoms with E-state index < -0.39 is 11.6 Å². The quantitative estimate of drug-likeness (QED) is 0.778. The van der Waals surface area contributed by atoms with E-state index in [0.29, 0.717) is 24.7 Å². The highest BCUT2D eigenvalue weighted by atomic mass is 35.5. The van der Waals surface area contributed by atoms with Gasteiger partial charge in [-0.15, -0.1) is 0 Å². The number of hydrogen-bond acceptors (Lipinski definition) is 3. The topological polar surface area (TPSA) is 35.5 Å². The molecular formula is C15H9Cl2FO3. The summed E-state index contributed by atoms with van der Waals surface area (Å²) in [6, 6.07) is 6.73. The summed E-state index contributed by atoms with van der Waals surface area (Å²) < 4.78 is 24.6. The molecule has 0 N–H and O–H groups in total. The predicted molar refractivity (Wildman–Crippen MR) is 77.3 cm³/mol. The van der Waals surface area contributed by atoms with Crippen molar-refractivity contribution >= 4 is 29.0 Å². The maximum atomic E-state index is 13.8. The van der Waals surface area contributed by atoms with E-state index in [1.165, 1.54) is 24.3 Å². The highest BCUT2D eigenvalue weighted by Gasteiger charge is 2.22. The van der Waals surface area contributed by atoms with Crippen LogP contribution in [0, 0.1) is 5.82 Å². The number of halogens is 3. The van der Waals surface area contributed by atoms with Gasteiger partial charge in [-0.25, -0.2) is 4.39 Å². The molecule has 0 radical (unpaired) electrons. The number of carbonyl (C=O) groups excluding carboxylic acids is 1. The molecule has 6 heteroatoms. The lowest BCUT2D eigenvalue weighted by Gasteiger charge is -2.19. The van der Waals surface area contributed by atoms with Gasteiger partial charge >= 0.3 is 0 Å². The first-order valence-electron chi connectivity index (χ1n) is 6.15. The minimum absolute atomic E-state index is 0.138. The van der Waals surface area contributed by atoms with Gasteiger partial charge < -0.3 is 9.47 Å². The summed E-state index contributed by atoms with van der Waals surface area (Å²) in [5.74, 6) is -0.335. The summed E-state index contributed by atoms with van der Waals surface area (Å²) in [7, 11) is 0. The molecule has 108 valence electrons. The Labute approximate surface area is 130 Å². The predicted octanol–water partition coefficient (Wildman–Crippen LogP) is 4.13. The standard InChI is InChI=1S/C15H9Cl2FO3/c16-8-1-2-12(18)10(5-8)15(19)9-6-13-14(7-11(9)17)21-4-3-20-13/h1-2,5-7H,3-4H2. The van der Waals surface area contributed by atoms with E-state index in [1.807, 2.05) is 0 Å². The maximum absolute atomic E-state index is 13.8. The van der Waals surface area contributed by atoms with Crippen LogP contribution >= 0.6 is 23.2 Å². The molecule has 1 aliphatic rings. The zero-order chi connectivity index (χ0) is 15.0. The molecule has 0 spiro atoms. The van der Waals surface area contributed by atoms with Gasteiger partial charge in [0.1, 0.15) is 19.0 Å². The molecule has 0 aliphatic carbocycles. The van der Waals surface area contributed by atoms with E-state index in [0.717, 1.165) is 6.07 Å². The van der Waals surface area contributed by atoms with Crippen LogP contribution in [0.1, 0.15) is 15.9 Å². The van der Waals surface area contributed by atoms with Crippen molar-refractivity contribution in [1.82, 2.24) is 0 Å². The Hall–Kier alpha value is -1.78. The van der Waals surface area contributed by atoms with Crippen LogP contribution in [0.5, 0.6) is 11.5 Å². The van der Waals surface area contributed by atoms with Gasteiger partial charge in [-0.1, -0.05) is 23.2 Å². The molecule has 0 saturated carbocycles. The van der Waals surface area contributed by atoms with Crippen LogP contribution < -0.4 is 9.47 Å². The number of fused-ring (bicyclic) bond motifs is 1. The van der Waals surface area contributed by atoms with Crippen molar-refractivity contribution in [2.24, 2.45) is 0 Å². The Morgan fingerprint density at radius 3 is 2.38 bits per heavy atom.